The van der Waals surface area contributed by atoms with Crippen LogP contribution in [-0.4, -0.2) is 23.9 Å². The van der Waals surface area contributed by atoms with Crippen LogP contribution >= 0.6 is 0 Å². The molecule has 0 spiro atoms. The molecular formula is C16H16N2O5. The van der Waals surface area contributed by atoms with Crippen LogP contribution in [0, 0.1) is 0 Å². The van der Waals surface area contributed by atoms with Crippen LogP contribution in [0.4, 0.5) is 5.69 Å². The molecule has 1 aliphatic rings. The molecule has 2 aromatic rings. The van der Waals surface area contributed by atoms with Crippen molar-refractivity contribution >= 4 is 11.6 Å². The summed E-state index contributed by atoms with van der Waals surface area (Å²) in [7, 11) is 1.68. The summed E-state index contributed by atoms with van der Waals surface area (Å²) in [5.41, 5.74) is 0.456. The number of fused-ring (bicyclic) bond motifs is 1. The van der Waals surface area contributed by atoms with Crippen molar-refractivity contribution in [3.63, 3.8) is 0 Å². The number of nitrogens with one attached hydrogen (secondary N) is 1. The Balaban J connectivity index is 1.83. The number of hydrogen-bond acceptors (Lipinski definition) is 5. The van der Waals surface area contributed by atoms with Crippen molar-refractivity contribution in [2.24, 2.45) is 7.05 Å². The third-order valence-corrected chi connectivity index (χ3v) is 3.36. The van der Waals surface area contributed by atoms with E-state index in [1.807, 2.05) is 0 Å². The van der Waals surface area contributed by atoms with Crippen molar-refractivity contribution in [3.05, 3.63) is 46.4 Å². The van der Waals surface area contributed by atoms with Crippen molar-refractivity contribution in [2.75, 3.05) is 18.7 Å². The first-order valence-electron chi connectivity index (χ1n) is 7.13. The Bertz CT molecular complexity index is 813. The van der Waals surface area contributed by atoms with Crippen LogP contribution in [0.2, 0.25) is 0 Å². The summed E-state index contributed by atoms with van der Waals surface area (Å²) >= 11 is 0. The third-order valence-electron chi connectivity index (χ3n) is 3.36. The van der Waals surface area contributed by atoms with Gasteiger partial charge >= 0.3 is 0 Å². The van der Waals surface area contributed by atoms with Gasteiger partial charge in [-0.2, -0.15) is 0 Å². The van der Waals surface area contributed by atoms with Crippen LogP contribution in [0.3, 0.4) is 0 Å². The van der Waals surface area contributed by atoms with E-state index in [0.29, 0.717) is 23.8 Å². The minimum Gasteiger partial charge on any atom is -0.488 e. The molecule has 1 aromatic carbocycles. The molecule has 23 heavy (non-hydrogen) atoms. The van der Waals surface area contributed by atoms with E-state index in [4.69, 9.17) is 14.2 Å². The van der Waals surface area contributed by atoms with Crippen molar-refractivity contribution in [2.45, 2.75) is 6.92 Å². The van der Waals surface area contributed by atoms with Crippen LogP contribution in [-0.2, 0) is 7.05 Å². The number of aryl methyl sites for hydroxylation is 1. The molecule has 7 nitrogen and oxygen atoms in total. The average Bonchev–Trinajstić information content (AvgIpc) is 2.98. The summed E-state index contributed by atoms with van der Waals surface area (Å²) in [4.78, 5) is 24.3. The quantitative estimate of drug-likeness (QED) is 0.930. The van der Waals surface area contributed by atoms with E-state index in [1.165, 1.54) is 12.3 Å². The molecule has 7 heteroatoms. The monoisotopic (exact) mass is 316 g/mol. The molecule has 0 unspecified atom stereocenters. The summed E-state index contributed by atoms with van der Waals surface area (Å²) in [6, 6.07) is 6.35. The molecule has 1 aromatic heterocycles. The number of anilines is 1. The summed E-state index contributed by atoms with van der Waals surface area (Å²) in [6.07, 6.45) is 1.50. The van der Waals surface area contributed by atoms with E-state index in [0.717, 1.165) is 0 Å². The van der Waals surface area contributed by atoms with Gasteiger partial charge in [0.25, 0.3) is 5.91 Å². The van der Waals surface area contributed by atoms with E-state index in [1.54, 1.807) is 36.7 Å². The molecule has 1 aliphatic heterocycles. The highest BCUT2D eigenvalue weighted by atomic mass is 16.7. The lowest BCUT2D eigenvalue weighted by Gasteiger charge is -2.11. The van der Waals surface area contributed by atoms with Crippen LogP contribution in [0.1, 0.15) is 17.4 Å². The topological polar surface area (TPSA) is 78.8 Å². The number of hydrogen-bond donors (Lipinski definition) is 1. The van der Waals surface area contributed by atoms with Gasteiger partial charge in [-0.3, -0.25) is 9.59 Å². The van der Waals surface area contributed by atoms with Crippen LogP contribution < -0.4 is 25.0 Å². The van der Waals surface area contributed by atoms with Gasteiger partial charge in [-0.25, -0.2) is 0 Å². The average molecular weight is 316 g/mol. The van der Waals surface area contributed by atoms with Gasteiger partial charge in [0.1, 0.15) is 5.69 Å². The zero-order valence-electron chi connectivity index (χ0n) is 12.8. The zero-order chi connectivity index (χ0) is 16.4. The Kier molecular flexibility index (Phi) is 3.92. The van der Waals surface area contributed by atoms with E-state index in [2.05, 4.69) is 5.32 Å². The lowest BCUT2D eigenvalue weighted by molar-refractivity contribution is 0.101. The third kappa shape index (κ3) is 2.98. The van der Waals surface area contributed by atoms with Crippen LogP contribution in [0.5, 0.6) is 17.2 Å². The van der Waals surface area contributed by atoms with Crippen LogP contribution in [0.25, 0.3) is 0 Å². The van der Waals surface area contributed by atoms with Crippen molar-refractivity contribution in [3.8, 4) is 17.2 Å². The zero-order valence-corrected chi connectivity index (χ0v) is 12.8. The predicted molar refractivity (Wildman–Crippen MR) is 83.4 cm³/mol. The normalized spacial score (nSPS) is 12.1. The van der Waals surface area contributed by atoms with Crippen molar-refractivity contribution in [1.82, 2.24) is 4.57 Å². The molecule has 120 valence electrons. The molecule has 1 N–H and O–H groups in total. The number of rotatable bonds is 4. The fourth-order valence-corrected chi connectivity index (χ4v) is 2.27. The van der Waals surface area contributed by atoms with Gasteiger partial charge in [-0.1, -0.05) is 0 Å². The maximum absolute atomic E-state index is 12.4. The maximum atomic E-state index is 12.4. The molecule has 0 bridgehead atoms. The van der Waals surface area contributed by atoms with Gasteiger partial charge in [-0.15, -0.1) is 0 Å². The fourth-order valence-electron chi connectivity index (χ4n) is 2.27. The van der Waals surface area contributed by atoms with E-state index in [-0.39, 0.29) is 23.7 Å². The first-order valence-corrected chi connectivity index (χ1v) is 7.13. The Morgan fingerprint density at radius 2 is 2.09 bits per heavy atom. The molecule has 2 heterocycles. The number of amides is 1. The van der Waals surface area contributed by atoms with E-state index < -0.39 is 5.91 Å². The predicted octanol–water partition coefficient (Wildman–Crippen LogP) is 1.76. The minimum atomic E-state index is -0.397. The minimum absolute atomic E-state index is 0.167. The first kappa shape index (κ1) is 15.0. The molecule has 3 rings (SSSR count). The second-order valence-electron chi connectivity index (χ2n) is 4.95. The van der Waals surface area contributed by atoms with Crippen molar-refractivity contribution in [1.29, 1.82) is 0 Å². The second kappa shape index (κ2) is 6.04. The molecule has 0 aliphatic carbocycles. The summed E-state index contributed by atoms with van der Waals surface area (Å²) < 4.78 is 17.3. The lowest BCUT2D eigenvalue weighted by Crippen LogP contribution is -2.21. The Morgan fingerprint density at radius 3 is 2.87 bits per heavy atom. The number of aromatic nitrogens is 1. The number of pyridine rings is 1. The smallest absolute Gasteiger partial charge is 0.272 e. The molecule has 0 atom stereocenters. The maximum Gasteiger partial charge on any atom is 0.272 e. The largest absolute Gasteiger partial charge is 0.488 e. The van der Waals surface area contributed by atoms with Gasteiger partial charge < -0.3 is 24.1 Å². The molecule has 0 fully saturated rings. The number of nitrogens with zero attached hydrogens (tertiary/aromatic N) is 1. The Hall–Kier alpha value is -2.96. The fraction of sp³-hybridized carbons (Fsp3) is 0.250. The number of carbonyl (C=O) groups is 1. The summed E-state index contributed by atoms with van der Waals surface area (Å²) in [5.74, 6) is 1.03. The summed E-state index contributed by atoms with van der Waals surface area (Å²) in [5, 5.41) is 2.73. The first-order chi connectivity index (χ1) is 11.1. The van der Waals surface area contributed by atoms with E-state index >= 15 is 0 Å². The number of ether oxygens (including phenoxy) is 3. The van der Waals surface area contributed by atoms with Crippen molar-refractivity contribution < 1.29 is 19.0 Å². The lowest BCUT2D eigenvalue weighted by atomic mass is 10.2. The standard InChI is InChI=1S/C16H16N2O5/c1-3-21-15-8-18(2)11(7-12(15)19)16(20)17-10-4-5-13-14(6-10)23-9-22-13/h4-8H,3,9H2,1-2H3,(H,17,20). The Labute approximate surface area is 132 Å². The molecule has 0 saturated carbocycles. The SMILES string of the molecule is CCOc1cn(C)c(C(=O)Nc2ccc3c(c2)OCO3)cc1=O. The molecule has 1 amide bonds. The second-order valence-corrected chi connectivity index (χ2v) is 4.95. The molecule has 0 saturated heterocycles. The summed E-state index contributed by atoms with van der Waals surface area (Å²) in [6.45, 7) is 2.35. The number of benzene rings is 1. The van der Waals surface area contributed by atoms with Gasteiger partial charge in [0.15, 0.2) is 17.2 Å². The van der Waals surface area contributed by atoms with Gasteiger partial charge in [0.05, 0.1) is 12.8 Å². The highest BCUT2D eigenvalue weighted by Crippen LogP contribution is 2.34. The van der Waals surface area contributed by atoms with Crippen LogP contribution in [0.15, 0.2) is 35.3 Å². The Morgan fingerprint density at radius 1 is 1.30 bits per heavy atom. The highest BCUT2D eigenvalue weighted by molar-refractivity contribution is 6.03. The molecule has 0 radical (unpaired) electrons. The van der Waals surface area contributed by atoms with Gasteiger partial charge in [0, 0.05) is 24.9 Å². The molecular weight excluding hydrogens is 300 g/mol. The van der Waals surface area contributed by atoms with E-state index in [9.17, 15) is 9.59 Å². The number of carbonyl (C=O) groups excluding carboxylic acids is 1. The van der Waals surface area contributed by atoms with Gasteiger partial charge in [-0.05, 0) is 19.1 Å². The van der Waals surface area contributed by atoms with Gasteiger partial charge in [0.2, 0.25) is 12.2 Å². The highest BCUT2D eigenvalue weighted by Gasteiger charge is 2.16.